The number of hydrogen-bond acceptors (Lipinski definition) is 9. The lowest BCUT2D eigenvalue weighted by atomic mass is 10.1. The van der Waals surface area contributed by atoms with Gasteiger partial charge in [0.2, 0.25) is 5.43 Å². The highest BCUT2D eigenvalue weighted by atomic mass is 32.1. The standard InChI is InChI=1S/C26H24FN3O7S/c1-14-21(37-26(34)35-14)12-29-7-6-28(11-20(29)23-3-2-8-38-23)19-10-18-16(9-17(19)27)24(31)22(36-25(32)33)13-30(18)15-4-5-15/h2-3,8-10,13,15,20H,4-7,11-12H2,1H3,(H,32,33). The van der Waals surface area contributed by atoms with Crippen molar-refractivity contribution in [3.05, 3.63) is 78.9 Å². The summed E-state index contributed by atoms with van der Waals surface area (Å²) in [5.74, 6) is -0.737. The first-order chi connectivity index (χ1) is 18.3. The molecule has 1 atom stereocenters. The van der Waals surface area contributed by atoms with Crippen LogP contribution < -0.4 is 20.9 Å². The average Bonchev–Trinajstić information content (AvgIpc) is 3.47. The molecule has 3 aromatic heterocycles. The van der Waals surface area contributed by atoms with Crippen LogP contribution in [-0.4, -0.2) is 40.4 Å². The molecule has 0 amide bonds. The largest absolute Gasteiger partial charge is 0.519 e. The number of rotatable bonds is 6. The molecule has 2 aliphatic rings. The van der Waals surface area contributed by atoms with Gasteiger partial charge in [-0.05, 0) is 43.3 Å². The van der Waals surface area contributed by atoms with Crippen molar-refractivity contribution in [2.45, 2.75) is 38.4 Å². The van der Waals surface area contributed by atoms with Gasteiger partial charge in [0.05, 0.1) is 35.4 Å². The summed E-state index contributed by atoms with van der Waals surface area (Å²) in [6.07, 6.45) is 1.56. The fourth-order valence-electron chi connectivity index (χ4n) is 5.08. The topological polar surface area (TPSA) is 118 Å². The summed E-state index contributed by atoms with van der Waals surface area (Å²) in [6.45, 7) is 3.60. The van der Waals surface area contributed by atoms with E-state index in [2.05, 4.69) is 4.90 Å². The van der Waals surface area contributed by atoms with Crippen LogP contribution in [0.15, 0.2) is 54.3 Å². The fourth-order valence-corrected chi connectivity index (χ4v) is 5.93. The average molecular weight is 542 g/mol. The second-order valence-corrected chi connectivity index (χ2v) is 10.5. The highest BCUT2D eigenvalue weighted by molar-refractivity contribution is 7.10. The predicted octanol–water partition coefficient (Wildman–Crippen LogP) is 4.51. The predicted molar refractivity (Wildman–Crippen MR) is 137 cm³/mol. The van der Waals surface area contributed by atoms with Crippen LogP contribution in [0, 0.1) is 12.7 Å². The second-order valence-electron chi connectivity index (χ2n) is 9.53. The molecule has 1 aliphatic carbocycles. The molecule has 1 saturated carbocycles. The summed E-state index contributed by atoms with van der Waals surface area (Å²) in [5.41, 5.74) is 0.242. The van der Waals surface area contributed by atoms with Gasteiger partial charge in [-0.1, -0.05) is 6.07 Å². The van der Waals surface area contributed by atoms with Crippen molar-refractivity contribution in [1.82, 2.24) is 9.47 Å². The molecular weight excluding hydrogens is 517 g/mol. The van der Waals surface area contributed by atoms with Crippen molar-refractivity contribution in [1.29, 1.82) is 0 Å². The third-order valence-electron chi connectivity index (χ3n) is 7.09. The van der Waals surface area contributed by atoms with E-state index in [-0.39, 0.29) is 23.2 Å². The number of aromatic nitrogens is 1. The van der Waals surface area contributed by atoms with E-state index in [0.717, 1.165) is 17.7 Å². The molecule has 4 heterocycles. The molecule has 1 aliphatic heterocycles. The van der Waals surface area contributed by atoms with Gasteiger partial charge >= 0.3 is 12.0 Å². The zero-order valence-electron chi connectivity index (χ0n) is 20.4. The van der Waals surface area contributed by atoms with Crippen LogP contribution in [0.3, 0.4) is 0 Å². The Morgan fingerprint density at radius 2 is 2.05 bits per heavy atom. The van der Waals surface area contributed by atoms with E-state index in [4.69, 9.17) is 18.7 Å². The number of halogens is 1. The molecule has 1 unspecified atom stereocenters. The highest BCUT2D eigenvalue weighted by Gasteiger charge is 2.33. The maximum Gasteiger partial charge on any atom is 0.519 e. The first-order valence-corrected chi connectivity index (χ1v) is 13.1. The van der Waals surface area contributed by atoms with E-state index in [0.29, 0.717) is 48.9 Å². The van der Waals surface area contributed by atoms with Gasteiger partial charge in [-0.3, -0.25) is 9.69 Å². The third kappa shape index (κ3) is 4.50. The van der Waals surface area contributed by atoms with Crippen molar-refractivity contribution >= 4 is 34.1 Å². The van der Waals surface area contributed by atoms with E-state index in [1.54, 1.807) is 24.3 Å². The van der Waals surface area contributed by atoms with E-state index in [1.165, 1.54) is 12.3 Å². The number of carboxylic acid groups (broad SMARTS) is 1. The molecule has 4 aromatic rings. The van der Waals surface area contributed by atoms with Crippen molar-refractivity contribution in [2.24, 2.45) is 0 Å². The Hall–Kier alpha value is -3.90. The first-order valence-electron chi connectivity index (χ1n) is 12.2. The Kier molecular flexibility index (Phi) is 6.07. The van der Waals surface area contributed by atoms with Crippen LogP contribution >= 0.6 is 11.3 Å². The zero-order chi connectivity index (χ0) is 26.6. The number of ether oxygens (including phenoxy) is 1. The van der Waals surface area contributed by atoms with Crippen LogP contribution in [0.2, 0.25) is 0 Å². The number of carbonyl (C=O) groups is 1. The number of pyridine rings is 1. The number of piperazine rings is 1. The van der Waals surface area contributed by atoms with Crippen molar-refractivity contribution in [3.63, 3.8) is 0 Å². The molecule has 198 valence electrons. The lowest BCUT2D eigenvalue weighted by molar-refractivity contribution is 0.143. The molecule has 0 spiro atoms. The summed E-state index contributed by atoms with van der Waals surface area (Å²) >= 11 is 1.59. The van der Waals surface area contributed by atoms with Crippen LogP contribution in [0.4, 0.5) is 14.9 Å². The quantitative estimate of drug-likeness (QED) is 0.352. The minimum Gasteiger partial charge on any atom is -0.449 e. The summed E-state index contributed by atoms with van der Waals surface area (Å²) in [6, 6.07) is 6.83. The molecule has 1 saturated heterocycles. The van der Waals surface area contributed by atoms with Crippen LogP contribution in [0.5, 0.6) is 5.75 Å². The Bertz CT molecular complexity index is 1640. The molecule has 38 heavy (non-hydrogen) atoms. The third-order valence-corrected chi connectivity index (χ3v) is 8.07. The van der Waals surface area contributed by atoms with Crippen molar-refractivity contribution in [3.8, 4) is 5.75 Å². The first kappa shape index (κ1) is 24.4. The summed E-state index contributed by atoms with van der Waals surface area (Å²) in [5, 5.41) is 11.1. The Morgan fingerprint density at radius 1 is 1.24 bits per heavy atom. The summed E-state index contributed by atoms with van der Waals surface area (Å²) < 4.78 is 32.3. The molecule has 2 fully saturated rings. The molecule has 0 bridgehead atoms. The summed E-state index contributed by atoms with van der Waals surface area (Å²) in [7, 11) is 0. The van der Waals surface area contributed by atoms with Gasteiger partial charge in [0.15, 0.2) is 11.5 Å². The maximum absolute atomic E-state index is 15.6. The van der Waals surface area contributed by atoms with Crippen LogP contribution in [0.1, 0.15) is 41.3 Å². The van der Waals surface area contributed by atoms with E-state index in [1.807, 2.05) is 27.0 Å². The van der Waals surface area contributed by atoms with Crippen LogP contribution in [-0.2, 0) is 6.54 Å². The summed E-state index contributed by atoms with van der Waals surface area (Å²) in [4.78, 5) is 40.8. The minimum absolute atomic E-state index is 0.0794. The fraction of sp³-hybridized carbons (Fsp3) is 0.346. The van der Waals surface area contributed by atoms with Gasteiger partial charge in [0.1, 0.15) is 11.6 Å². The molecule has 1 aromatic carbocycles. The lowest BCUT2D eigenvalue weighted by Crippen LogP contribution is -2.48. The monoisotopic (exact) mass is 541 g/mol. The van der Waals surface area contributed by atoms with Crippen LogP contribution in [0.25, 0.3) is 10.9 Å². The highest BCUT2D eigenvalue weighted by Crippen LogP contribution is 2.40. The van der Waals surface area contributed by atoms with Gasteiger partial charge in [0.25, 0.3) is 0 Å². The van der Waals surface area contributed by atoms with Crippen molar-refractivity contribution < 1.29 is 27.9 Å². The van der Waals surface area contributed by atoms with Gasteiger partial charge < -0.3 is 28.1 Å². The molecule has 6 rings (SSSR count). The van der Waals surface area contributed by atoms with Gasteiger partial charge in [-0.15, -0.1) is 11.3 Å². The lowest BCUT2D eigenvalue weighted by Gasteiger charge is -2.42. The number of aryl methyl sites for hydroxylation is 1. The van der Waals surface area contributed by atoms with Crippen molar-refractivity contribution in [2.75, 3.05) is 24.5 Å². The molecular formula is C26H24FN3O7S. The number of thiophene rings is 1. The number of hydrogen-bond donors (Lipinski definition) is 1. The minimum atomic E-state index is -1.59. The molecule has 0 radical (unpaired) electrons. The van der Waals surface area contributed by atoms with Gasteiger partial charge in [-0.25, -0.2) is 14.0 Å². The second kappa shape index (κ2) is 9.44. The zero-order valence-corrected chi connectivity index (χ0v) is 21.2. The Balaban J connectivity index is 1.37. The molecule has 10 nitrogen and oxygen atoms in total. The number of nitrogens with zero attached hydrogens (tertiary/aromatic N) is 3. The SMILES string of the molecule is Cc1oc(=O)oc1CN1CCN(c2cc3c(cc2F)c(=O)c(OC(=O)O)cn3C2CC2)CC1c1cccs1. The number of benzene rings is 1. The van der Waals surface area contributed by atoms with E-state index >= 15 is 4.39 Å². The van der Waals surface area contributed by atoms with Gasteiger partial charge in [0, 0.05) is 30.6 Å². The Morgan fingerprint density at radius 3 is 2.71 bits per heavy atom. The number of anilines is 1. The Labute approximate surface area is 219 Å². The van der Waals surface area contributed by atoms with E-state index < -0.39 is 23.2 Å². The normalized spacial score (nSPS) is 18.3. The smallest absolute Gasteiger partial charge is 0.449 e. The number of fused-ring (bicyclic) bond motifs is 1. The molecule has 1 N–H and O–H groups in total. The molecule has 12 heteroatoms. The van der Waals surface area contributed by atoms with E-state index in [9.17, 15) is 14.4 Å². The van der Waals surface area contributed by atoms with Gasteiger partial charge in [-0.2, -0.15) is 0 Å². The maximum atomic E-state index is 15.6.